The second kappa shape index (κ2) is 5.60. The molecule has 0 spiro atoms. The average molecular weight is 260 g/mol. The van der Waals surface area contributed by atoms with Crippen LogP contribution in [0.5, 0.6) is 0 Å². The SMILES string of the molecule is COCCS(=O)(=O)Nc1cnccc1C(=O)O. The number of methoxy groups -OCH3 is 1. The molecule has 0 bridgehead atoms. The maximum Gasteiger partial charge on any atom is 0.337 e. The zero-order valence-electron chi connectivity index (χ0n) is 9.08. The van der Waals surface area contributed by atoms with Crippen LogP contribution in [-0.2, 0) is 14.8 Å². The van der Waals surface area contributed by atoms with Gasteiger partial charge in [0.1, 0.15) is 0 Å². The van der Waals surface area contributed by atoms with Crippen molar-refractivity contribution in [3.63, 3.8) is 0 Å². The third kappa shape index (κ3) is 4.00. The smallest absolute Gasteiger partial charge is 0.337 e. The summed E-state index contributed by atoms with van der Waals surface area (Å²) in [5.74, 6) is -1.48. The lowest BCUT2D eigenvalue weighted by Gasteiger charge is -2.09. The summed E-state index contributed by atoms with van der Waals surface area (Å²) in [6.45, 7) is 0.0258. The molecule has 0 aliphatic carbocycles. The van der Waals surface area contributed by atoms with Gasteiger partial charge in [0.05, 0.1) is 29.8 Å². The van der Waals surface area contributed by atoms with Crippen molar-refractivity contribution in [1.29, 1.82) is 0 Å². The van der Waals surface area contributed by atoms with Crippen molar-refractivity contribution in [2.75, 3.05) is 24.2 Å². The predicted molar refractivity (Wildman–Crippen MR) is 60.5 cm³/mol. The standard InChI is InChI=1S/C9H12N2O5S/c1-16-4-5-17(14,15)11-8-6-10-3-2-7(8)9(12)13/h2-3,6,11H,4-5H2,1H3,(H,12,13). The van der Waals surface area contributed by atoms with Crippen molar-refractivity contribution in [1.82, 2.24) is 4.98 Å². The highest BCUT2D eigenvalue weighted by Crippen LogP contribution is 2.14. The van der Waals surface area contributed by atoms with E-state index in [2.05, 4.69) is 14.4 Å². The molecule has 0 atom stereocenters. The first kappa shape index (κ1) is 13.4. The molecule has 0 aliphatic rings. The molecule has 8 heteroatoms. The van der Waals surface area contributed by atoms with Crippen LogP contribution in [0.4, 0.5) is 5.69 Å². The molecular weight excluding hydrogens is 248 g/mol. The number of sulfonamides is 1. The van der Waals surface area contributed by atoms with Crippen LogP contribution in [0.3, 0.4) is 0 Å². The fourth-order valence-electron chi connectivity index (χ4n) is 1.07. The molecule has 0 fully saturated rings. The lowest BCUT2D eigenvalue weighted by molar-refractivity contribution is 0.0698. The van der Waals surface area contributed by atoms with Gasteiger partial charge in [-0.15, -0.1) is 0 Å². The fourth-order valence-corrected chi connectivity index (χ4v) is 2.06. The van der Waals surface area contributed by atoms with E-state index in [9.17, 15) is 13.2 Å². The van der Waals surface area contributed by atoms with Gasteiger partial charge in [-0.2, -0.15) is 0 Å². The van der Waals surface area contributed by atoms with Crippen LogP contribution in [-0.4, -0.2) is 43.9 Å². The normalized spacial score (nSPS) is 11.1. The van der Waals surface area contributed by atoms with Crippen molar-refractivity contribution in [2.45, 2.75) is 0 Å². The zero-order valence-corrected chi connectivity index (χ0v) is 9.90. The quantitative estimate of drug-likeness (QED) is 0.755. The Kier molecular flexibility index (Phi) is 4.41. The lowest BCUT2D eigenvalue weighted by Crippen LogP contribution is -2.21. The second-order valence-corrected chi connectivity index (χ2v) is 4.98. The van der Waals surface area contributed by atoms with Crippen LogP contribution < -0.4 is 4.72 Å². The molecule has 2 N–H and O–H groups in total. The highest BCUT2D eigenvalue weighted by atomic mass is 32.2. The topological polar surface area (TPSA) is 106 Å². The van der Waals surface area contributed by atoms with E-state index in [4.69, 9.17) is 5.11 Å². The maximum atomic E-state index is 11.5. The number of aromatic carboxylic acids is 1. The number of rotatable bonds is 6. The number of hydrogen-bond acceptors (Lipinski definition) is 5. The van der Waals surface area contributed by atoms with Gasteiger partial charge in [-0.05, 0) is 6.07 Å². The molecule has 1 aromatic heterocycles. The molecule has 0 aromatic carbocycles. The van der Waals surface area contributed by atoms with E-state index < -0.39 is 16.0 Å². The maximum absolute atomic E-state index is 11.5. The summed E-state index contributed by atoms with van der Waals surface area (Å²) in [6, 6.07) is 1.22. The monoisotopic (exact) mass is 260 g/mol. The van der Waals surface area contributed by atoms with Gasteiger partial charge in [-0.25, -0.2) is 13.2 Å². The van der Waals surface area contributed by atoms with Crippen molar-refractivity contribution < 1.29 is 23.1 Å². The number of carbonyl (C=O) groups is 1. The number of aromatic nitrogens is 1. The Labute approximate surface area is 98.5 Å². The molecular formula is C9H12N2O5S. The van der Waals surface area contributed by atoms with Crippen LogP contribution in [0.15, 0.2) is 18.5 Å². The summed E-state index contributed by atoms with van der Waals surface area (Å²) >= 11 is 0. The zero-order chi connectivity index (χ0) is 12.9. The number of nitrogens with zero attached hydrogens (tertiary/aromatic N) is 1. The van der Waals surface area contributed by atoms with Crippen LogP contribution in [0, 0.1) is 0 Å². The van der Waals surface area contributed by atoms with Crippen molar-refractivity contribution in [3.8, 4) is 0 Å². The summed E-state index contributed by atoms with van der Waals surface area (Å²) in [5, 5.41) is 8.85. The van der Waals surface area contributed by atoms with E-state index in [1.807, 2.05) is 0 Å². The molecule has 1 aromatic rings. The van der Waals surface area contributed by atoms with Gasteiger partial charge in [-0.1, -0.05) is 0 Å². The number of anilines is 1. The molecule has 0 saturated heterocycles. The number of nitrogens with one attached hydrogen (secondary N) is 1. The van der Waals surface area contributed by atoms with Gasteiger partial charge < -0.3 is 9.84 Å². The van der Waals surface area contributed by atoms with Gasteiger partial charge in [0, 0.05) is 13.3 Å². The first-order valence-corrected chi connectivity index (χ1v) is 6.28. The Bertz CT molecular complexity index is 500. The van der Waals surface area contributed by atoms with Crippen LogP contribution in [0.2, 0.25) is 0 Å². The minimum Gasteiger partial charge on any atom is -0.478 e. The Hall–Kier alpha value is -1.67. The van der Waals surface area contributed by atoms with Gasteiger partial charge in [0.15, 0.2) is 0 Å². The third-order valence-corrected chi connectivity index (χ3v) is 3.11. The molecule has 0 aliphatic heterocycles. The summed E-state index contributed by atoms with van der Waals surface area (Å²) in [6.07, 6.45) is 2.42. The Morgan fingerprint density at radius 1 is 1.59 bits per heavy atom. The van der Waals surface area contributed by atoms with E-state index in [1.54, 1.807) is 0 Å². The molecule has 94 valence electrons. The van der Waals surface area contributed by atoms with E-state index in [-0.39, 0.29) is 23.6 Å². The molecule has 0 saturated carbocycles. The summed E-state index contributed by atoms with van der Waals surface area (Å²) < 4.78 is 29.8. The molecule has 7 nitrogen and oxygen atoms in total. The fraction of sp³-hybridized carbons (Fsp3) is 0.333. The minimum absolute atomic E-state index is 0.0258. The molecule has 17 heavy (non-hydrogen) atoms. The van der Waals surface area contributed by atoms with Gasteiger partial charge >= 0.3 is 5.97 Å². The number of ether oxygens (including phenoxy) is 1. The number of hydrogen-bond donors (Lipinski definition) is 2. The number of carboxylic acid groups (broad SMARTS) is 1. The predicted octanol–water partition coefficient (Wildman–Crippen LogP) is 0.168. The van der Waals surface area contributed by atoms with Crippen LogP contribution in [0.1, 0.15) is 10.4 Å². The highest BCUT2D eigenvalue weighted by molar-refractivity contribution is 7.92. The van der Waals surface area contributed by atoms with Gasteiger partial charge in [0.2, 0.25) is 10.0 Å². The molecule has 0 unspecified atom stereocenters. The average Bonchev–Trinajstić information content (AvgIpc) is 2.26. The molecule has 0 radical (unpaired) electrons. The first-order valence-electron chi connectivity index (χ1n) is 4.63. The van der Waals surface area contributed by atoms with Gasteiger partial charge in [0.25, 0.3) is 0 Å². The number of pyridine rings is 1. The number of carboxylic acids is 1. The van der Waals surface area contributed by atoms with Gasteiger partial charge in [-0.3, -0.25) is 9.71 Å². The van der Waals surface area contributed by atoms with Crippen LogP contribution in [0.25, 0.3) is 0 Å². The summed E-state index contributed by atoms with van der Waals surface area (Å²) in [5.41, 5.74) is -0.211. The molecule has 1 rings (SSSR count). The summed E-state index contributed by atoms with van der Waals surface area (Å²) in [7, 11) is -2.25. The molecule has 0 amide bonds. The van der Waals surface area contributed by atoms with Crippen molar-refractivity contribution in [3.05, 3.63) is 24.0 Å². The van der Waals surface area contributed by atoms with E-state index in [0.29, 0.717) is 0 Å². The van der Waals surface area contributed by atoms with Crippen molar-refractivity contribution in [2.24, 2.45) is 0 Å². The van der Waals surface area contributed by atoms with E-state index in [1.165, 1.54) is 19.4 Å². The highest BCUT2D eigenvalue weighted by Gasteiger charge is 2.15. The van der Waals surface area contributed by atoms with E-state index in [0.717, 1.165) is 6.20 Å². The Balaban J connectivity index is 2.92. The third-order valence-electron chi connectivity index (χ3n) is 1.87. The first-order chi connectivity index (χ1) is 7.96. The van der Waals surface area contributed by atoms with Crippen molar-refractivity contribution >= 4 is 21.7 Å². The Morgan fingerprint density at radius 2 is 2.29 bits per heavy atom. The van der Waals surface area contributed by atoms with Crippen LogP contribution >= 0.6 is 0 Å². The Morgan fingerprint density at radius 3 is 2.88 bits per heavy atom. The lowest BCUT2D eigenvalue weighted by atomic mass is 10.2. The minimum atomic E-state index is -3.63. The largest absolute Gasteiger partial charge is 0.478 e. The van der Waals surface area contributed by atoms with E-state index >= 15 is 0 Å². The molecule has 1 heterocycles. The summed E-state index contributed by atoms with van der Waals surface area (Å²) in [4.78, 5) is 14.5. The second-order valence-electron chi connectivity index (χ2n) is 3.14.